The van der Waals surface area contributed by atoms with E-state index in [-0.39, 0.29) is 23.8 Å². The second-order valence-corrected chi connectivity index (χ2v) is 5.84. The van der Waals surface area contributed by atoms with Crippen LogP contribution in [0.25, 0.3) is 16.6 Å². The molecule has 6 N–H and O–H groups in total. The van der Waals surface area contributed by atoms with Gasteiger partial charge in [-0.05, 0) is 37.1 Å². The number of amides is 1. The Morgan fingerprint density at radius 2 is 2.04 bits per heavy atom. The molecule has 0 aliphatic heterocycles. The molecule has 1 amide bonds. The van der Waals surface area contributed by atoms with Gasteiger partial charge >= 0.3 is 0 Å². The minimum Gasteiger partial charge on any atom is -0.412 e. The lowest BCUT2D eigenvalue weighted by molar-refractivity contribution is 0.0975. The predicted octanol–water partition coefficient (Wildman–Crippen LogP) is 1.52. The maximum atomic E-state index is 12.3. The Hall–Kier alpha value is -2.97. The zero-order valence-corrected chi connectivity index (χ0v) is 14.6. The largest absolute Gasteiger partial charge is 0.412 e. The van der Waals surface area contributed by atoms with Gasteiger partial charge in [-0.25, -0.2) is 4.68 Å². The first-order valence-corrected chi connectivity index (χ1v) is 7.72. The van der Waals surface area contributed by atoms with Crippen molar-refractivity contribution >= 4 is 35.2 Å². The topological polar surface area (TPSA) is 141 Å². The van der Waals surface area contributed by atoms with Crippen molar-refractivity contribution in [2.45, 2.75) is 18.8 Å². The second-order valence-electron chi connectivity index (χ2n) is 5.84. The summed E-state index contributed by atoms with van der Waals surface area (Å²) >= 11 is 0. The normalized spacial score (nSPS) is 12.8. The number of nitrogens with one attached hydrogen (secondary N) is 2. The molecule has 0 atom stereocenters. The lowest BCUT2D eigenvalue weighted by Gasteiger charge is -2.11. The number of nitrogens with zero attached hydrogens (tertiary/aromatic N) is 3. The minimum absolute atomic E-state index is 0. The molecule has 1 saturated carbocycles. The molecule has 26 heavy (non-hydrogen) atoms. The molecule has 3 aromatic rings. The summed E-state index contributed by atoms with van der Waals surface area (Å²) in [5.41, 5.74) is 8.38. The van der Waals surface area contributed by atoms with Gasteiger partial charge in [0, 0.05) is 17.5 Å². The van der Waals surface area contributed by atoms with Gasteiger partial charge < -0.3 is 11.2 Å². The van der Waals surface area contributed by atoms with E-state index < -0.39 is 5.91 Å². The maximum Gasteiger partial charge on any atom is 0.261 e. The fourth-order valence-electron chi connectivity index (χ4n) is 2.94. The number of benzene rings is 1. The molecule has 9 heteroatoms. The number of rotatable bonds is 3. The van der Waals surface area contributed by atoms with Gasteiger partial charge in [0.15, 0.2) is 5.96 Å². The summed E-state index contributed by atoms with van der Waals surface area (Å²) in [6, 6.07) is 9.72. The van der Waals surface area contributed by atoms with E-state index >= 15 is 0 Å². The first-order valence-electron chi connectivity index (χ1n) is 7.72. The summed E-state index contributed by atoms with van der Waals surface area (Å²) in [5.74, 6) is -0.468. The van der Waals surface area contributed by atoms with E-state index in [1.165, 1.54) is 0 Å². The number of halogens is 1. The van der Waals surface area contributed by atoms with Crippen LogP contribution >= 0.6 is 12.4 Å². The zero-order chi connectivity index (χ0) is 16.7. The number of fused-ring (bicyclic) bond motifs is 1. The van der Waals surface area contributed by atoms with Crippen molar-refractivity contribution in [1.29, 1.82) is 5.41 Å². The highest BCUT2D eigenvalue weighted by Crippen LogP contribution is 2.43. The number of aromatic nitrogens is 3. The number of guanidine groups is 1. The van der Waals surface area contributed by atoms with Gasteiger partial charge in [-0.15, -0.1) is 12.4 Å². The summed E-state index contributed by atoms with van der Waals surface area (Å²) in [7, 11) is 0. The van der Waals surface area contributed by atoms with E-state index in [0.29, 0.717) is 11.5 Å². The van der Waals surface area contributed by atoms with E-state index in [2.05, 4.69) is 15.4 Å². The van der Waals surface area contributed by atoms with E-state index in [0.717, 1.165) is 35.1 Å². The van der Waals surface area contributed by atoms with E-state index in [9.17, 15) is 4.79 Å². The summed E-state index contributed by atoms with van der Waals surface area (Å²) in [6.45, 7) is 0. The quantitative estimate of drug-likeness (QED) is 0.472. The smallest absolute Gasteiger partial charge is 0.261 e. The van der Waals surface area contributed by atoms with Crippen LogP contribution in [0, 0.1) is 5.41 Å². The SMILES string of the molecule is Cl.N=C(N)NC(=O)c1cnn(-c2cccc3ncccc23)c1C1CC1.O. The average Bonchev–Trinajstić information content (AvgIpc) is 3.32. The highest BCUT2D eigenvalue weighted by atomic mass is 35.5. The first kappa shape index (κ1) is 19.4. The summed E-state index contributed by atoms with van der Waals surface area (Å²) in [6.07, 6.45) is 5.34. The fourth-order valence-corrected chi connectivity index (χ4v) is 2.94. The summed E-state index contributed by atoms with van der Waals surface area (Å²) in [4.78, 5) is 16.7. The number of nitrogens with two attached hydrogens (primary N) is 1. The molecule has 1 fully saturated rings. The van der Waals surface area contributed by atoms with Gasteiger partial charge in [0.05, 0.1) is 28.7 Å². The Morgan fingerprint density at radius 3 is 2.73 bits per heavy atom. The lowest BCUT2D eigenvalue weighted by Crippen LogP contribution is -2.36. The third-order valence-electron chi connectivity index (χ3n) is 4.11. The van der Waals surface area contributed by atoms with Crippen LogP contribution in [-0.2, 0) is 0 Å². The molecule has 0 saturated heterocycles. The third kappa shape index (κ3) is 3.37. The number of hydrogen-bond donors (Lipinski definition) is 3. The van der Waals surface area contributed by atoms with Crippen molar-refractivity contribution in [3.8, 4) is 5.69 Å². The highest BCUT2D eigenvalue weighted by Gasteiger charge is 2.33. The van der Waals surface area contributed by atoms with Crippen molar-refractivity contribution in [3.05, 3.63) is 54.0 Å². The molecule has 0 spiro atoms. The molecule has 2 aromatic heterocycles. The molecular formula is C17H19ClN6O2. The maximum absolute atomic E-state index is 12.3. The third-order valence-corrected chi connectivity index (χ3v) is 4.11. The van der Waals surface area contributed by atoms with Crippen molar-refractivity contribution in [1.82, 2.24) is 20.1 Å². The Balaban J connectivity index is 0.00000121. The van der Waals surface area contributed by atoms with Crippen LogP contribution in [0.1, 0.15) is 34.8 Å². The van der Waals surface area contributed by atoms with Crippen LogP contribution in [0.4, 0.5) is 0 Å². The van der Waals surface area contributed by atoms with Gasteiger partial charge in [-0.2, -0.15) is 5.10 Å². The Kier molecular flexibility index (Phi) is 5.59. The van der Waals surface area contributed by atoms with Crippen molar-refractivity contribution < 1.29 is 10.3 Å². The van der Waals surface area contributed by atoms with E-state index in [4.69, 9.17) is 11.1 Å². The number of carbonyl (C=O) groups excluding carboxylic acids is 1. The Labute approximate surface area is 155 Å². The van der Waals surface area contributed by atoms with Gasteiger partial charge in [-0.3, -0.25) is 20.5 Å². The molecule has 1 aliphatic carbocycles. The first-order chi connectivity index (χ1) is 11.6. The van der Waals surface area contributed by atoms with Gasteiger partial charge in [0.2, 0.25) is 0 Å². The lowest BCUT2D eigenvalue weighted by atomic mass is 10.1. The zero-order valence-electron chi connectivity index (χ0n) is 13.8. The minimum atomic E-state index is -0.394. The van der Waals surface area contributed by atoms with Crippen molar-refractivity contribution in [3.63, 3.8) is 0 Å². The van der Waals surface area contributed by atoms with Crippen LogP contribution in [0.15, 0.2) is 42.7 Å². The molecule has 0 radical (unpaired) electrons. The van der Waals surface area contributed by atoms with E-state index in [1.807, 2.05) is 35.0 Å². The molecule has 0 unspecified atom stereocenters. The standard InChI is InChI=1S/C17H16N6O.ClH.H2O/c18-17(19)22-16(24)12-9-21-23(15(12)10-6-7-10)14-5-1-4-13-11(14)3-2-8-20-13;;/h1-5,8-10H,6-7H2,(H4,18,19,22,24);1H;1H2. The summed E-state index contributed by atoms with van der Waals surface area (Å²) in [5, 5.41) is 15.0. The summed E-state index contributed by atoms with van der Waals surface area (Å²) < 4.78 is 1.82. The monoisotopic (exact) mass is 374 g/mol. The Bertz CT molecular complexity index is 962. The highest BCUT2D eigenvalue weighted by molar-refractivity contribution is 6.05. The molecule has 136 valence electrons. The van der Waals surface area contributed by atoms with Crippen LogP contribution in [0.5, 0.6) is 0 Å². The molecular weight excluding hydrogens is 356 g/mol. The number of hydrogen-bond acceptors (Lipinski definition) is 4. The molecule has 0 bridgehead atoms. The number of pyridine rings is 1. The van der Waals surface area contributed by atoms with Gasteiger partial charge in [-0.1, -0.05) is 6.07 Å². The number of carbonyl (C=O) groups is 1. The van der Waals surface area contributed by atoms with Crippen molar-refractivity contribution in [2.75, 3.05) is 0 Å². The van der Waals surface area contributed by atoms with E-state index in [1.54, 1.807) is 12.4 Å². The fraction of sp³-hybridized carbons (Fsp3) is 0.176. The molecule has 1 aliphatic rings. The predicted molar refractivity (Wildman–Crippen MR) is 101 cm³/mol. The van der Waals surface area contributed by atoms with Gasteiger partial charge in [0.1, 0.15) is 0 Å². The molecule has 1 aromatic carbocycles. The van der Waals surface area contributed by atoms with Crippen LogP contribution in [0.3, 0.4) is 0 Å². The Morgan fingerprint density at radius 1 is 1.27 bits per heavy atom. The molecule has 8 nitrogen and oxygen atoms in total. The average molecular weight is 375 g/mol. The van der Waals surface area contributed by atoms with Crippen molar-refractivity contribution in [2.24, 2.45) is 5.73 Å². The molecule has 2 heterocycles. The van der Waals surface area contributed by atoms with Crippen LogP contribution in [0.2, 0.25) is 0 Å². The molecule has 4 rings (SSSR count). The van der Waals surface area contributed by atoms with Gasteiger partial charge in [0.25, 0.3) is 5.91 Å². The van der Waals surface area contributed by atoms with Crippen LogP contribution in [-0.4, -0.2) is 32.1 Å². The van der Waals surface area contributed by atoms with Crippen LogP contribution < -0.4 is 11.1 Å². The second kappa shape index (κ2) is 7.51.